The summed E-state index contributed by atoms with van der Waals surface area (Å²) in [6, 6.07) is 15.2. The summed E-state index contributed by atoms with van der Waals surface area (Å²) in [5.74, 6) is 0.560. The molecule has 0 unspecified atom stereocenters. The van der Waals surface area contributed by atoms with Gasteiger partial charge in [-0.15, -0.1) is 0 Å². The number of rotatable bonds is 5. The Morgan fingerprint density at radius 1 is 1.03 bits per heavy atom. The molecule has 1 aliphatic rings. The van der Waals surface area contributed by atoms with E-state index in [2.05, 4.69) is 4.98 Å². The van der Waals surface area contributed by atoms with Crippen molar-refractivity contribution in [3.63, 3.8) is 0 Å². The van der Waals surface area contributed by atoms with E-state index in [1.54, 1.807) is 16.7 Å². The maximum Gasteiger partial charge on any atom is 0.409 e. The molecule has 1 aromatic heterocycles. The van der Waals surface area contributed by atoms with E-state index in [4.69, 9.17) is 9.15 Å². The van der Waals surface area contributed by atoms with Crippen LogP contribution in [0.4, 0.5) is 4.79 Å². The molecule has 0 bridgehead atoms. The summed E-state index contributed by atoms with van der Waals surface area (Å²) >= 11 is 1.47. The van der Waals surface area contributed by atoms with Crippen LogP contribution < -0.4 is 0 Å². The van der Waals surface area contributed by atoms with E-state index in [9.17, 15) is 9.59 Å². The van der Waals surface area contributed by atoms with Gasteiger partial charge in [0.1, 0.15) is 5.52 Å². The Hall–Kier alpha value is -3.00. The minimum absolute atomic E-state index is 0.0210. The summed E-state index contributed by atoms with van der Waals surface area (Å²) < 4.78 is 10.8. The zero-order valence-corrected chi connectivity index (χ0v) is 17.6. The average molecular weight is 426 g/mol. The minimum Gasteiger partial charge on any atom is -0.450 e. The van der Waals surface area contributed by atoms with Crippen molar-refractivity contribution in [2.24, 2.45) is 0 Å². The predicted octanol–water partition coefficient (Wildman–Crippen LogP) is 4.03. The number of ether oxygens (including phenoxy) is 1. The number of fused-ring (bicyclic) bond motifs is 1. The molecule has 1 saturated heterocycles. The number of hydrogen-bond donors (Lipinski definition) is 0. The monoisotopic (exact) mass is 425 g/mol. The van der Waals surface area contributed by atoms with Gasteiger partial charge in [-0.25, -0.2) is 9.78 Å². The van der Waals surface area contributed by atoms with Crippen LogP contribution in [0.15, 0.2) is 58.2 Å². The first-order valence-electron chi connectivity index (χ1n) is 9.93. The molecule has 4 rings (SSSR count). The van der Waals surface area contributed by atoms with Gasteiger partial charge in [-0.3, -0.25) is 4.79 Å². The lowest BCUT2D eigenvalue weighted by Crippen LogP contribution is -2.50. The zero-order valence-electron chi connectivity index (χ0n) is 16.7. The third kappa shape index (κ3) is 4.43. The quantitative estimate of drug-likeness (QED) is 0.575. The Bertz CT molecular complexity index is 1010. The second-order valence-corrected chi connectivity index (χ2v) is 7.80. The van der Waals surface area contributed by atoms with Gasteiger partial charge in [0.15, 0.2) is 5.58 Å². The molecule has 1 fully saturated rings. The minimum atomic E-state index is -0.320. The Morgan fingerprint density at radius 2 is 1.73 bits per heavy atom. The first-order chi connectivity index (χ1) is 14.7. The van der Waals surface area contributed by atoms with Crippen LogP contribution in [-0.2, 0) is 10.5 Å². The molecule has 7 nitrogen and oxygen atoms in total. The van der Waals surface area contributed by atoms with Crippen LogP contribution in [0.25, 0.3) is 11.1 Å². The standard InChI is InChI=1S/C22H23N3O4S/c1-2-28-22(27)25-13-11-24(12-14-25)20(26)17-8-4-3-7-16(17)15-30-21-23-18-9-5-6-10-19(18)29-21/h3-10H,2,11-15H2,1H3. The third-order valence-corrected chi connectivity index (χ3v) is 5.84. The van der Waals surface area contributed by atoms with Gasteiger partial charge < -0.3 is 19.0 Å². The number of benzene rings is 2. The Labute approximate surface area is 179 Å². The summed E-state index contributed by atoms with van der Waals surface area (Å²) in [5, 5.41) is 0.585. The molecule has 0 radical (unpaired) electrons. The first kappa shape index (κ1) is 20.3. The Morgan fingerprint density at radius 3 is 2.50 bits per heavy atom. The summed E-state index contributed by atoms with van der Waals surface area (Å²) in [4.78, 5) is 32.9. The molecular formula is C22H23N3O4S. The van der Waals surface area contributed by atoms with Crippen molar-refractivity contribution in [1.29, 1.82) is 0 Å². The Kier molecular flexibility index (Phi) is 6.23. The molecule has 0 aliphatic carbocycles. The lowest BCUT2D eigenvalue weighted by molar-refractivity contribution is 0.0570. The van der Waals surface area contributed by atoms with E-state index >= 15 is 0 Å². The third-order valence-electron chi connectivity index (χ3n) is 4.97. The van der Waals surface area contributed by atoms with Crippen molar-refractivity contribution in [3.05, 3.63) is 59.7 Å². The maximum atomic E-state index is 13.1. The second kappa shape index (κ2) is 9.21. The number of oxazole rings is 1. The summed E-state index contributed by atoms with van der Waals surface area (Å²) in [5.41, 5.74) is 3.18. The number of aromatic nitrogens is 1. The van der Waals surface area contributed by atoms with Gasteiger partial charge in [-0.1, -0.05) is 42.1 Å². The molecule has 8 heteroatoms. The fourth-order valence-electron chi connectivity index (χ4n) is 3.38. The lowest BCUT2D eigenvalue weighted by atomic mass is 10.1. The van der Waals surface area contributed by atoms with Gasteiger partial charge in [0.25, 0.3) is 11.1 Å². The molecular weight excluding hydrogens is 402 g/mol. The van der Waals surface area contributed by atoms with E-state index in [1.807, 2.05) is 48.5 Å². The highest BCUT2D eigenvalue weighted by atomic mass is 32.2. The fraction of sp³-hybridized carbons (Fsp3) is 0.318. The number of para-hydroxylation sites is 2. The van der Waals surface area contributed by atoms with Gasteiger partial charge in [0.05, 0.1) is 6.61 Å². The first-order valence-corrected chi connectivity index (χ1v) is 10.9. The molecule has 0 N–H and O–H groups in total. The highest BCUT2D eigenvalue weighted by Crippen LogP contribution is 2.27. The average Bonchev–Trinajstić information content (AvgIpc) is 3.21. The van der Waals surface area contributed by atoms with Gasteiger partial charge in [0, 0.05) is 37.5 Å². The maximum absolute atomic E-state index is 13.1. The van der Waals surface area contributed by atoms with Crippen LogP contribution in [0.2, 0.25) is 0 Å². The molecule has 1 aliphatic heterocycles. The molecule has 156 valence electrons. The van der Waals surface area contributed by atoms with Crippen LogP contribution >= 0.6 is 11.8 Å². The van der Waals surface area contributed by atoms with Crippen LogP contribution in [0, 0.1) is 0 Å². The summed E-state index contributed by atoms with van der Waals surface area (Å²) in [7, 11) is 0. The summed E-state index contributed by atoms with van der Waals surface area (Å²) in [6.07, 6.45) is -0.320. The van der Waals surface area contributed by atoms with Crippen molar-refractivity contribution in [2.45, 2.75) is 17.9 Å². The number of hydrogen-bond acceptors (Lipinski definition) is 6. The van der Waals surface area contributed by atoms with E-state index in [0.29, 0.717) is 49.3 Å². The lowest BCUT2D eigenvalue weighted by Gasteiger charge is -2.34. The van der Waals surface area contributed by atoms with Crippen molar-refractivity contribution >= 4 is 34.9 Å². The zero-order chi connectivity index (χ0) is 20.9. The highest BCUT2D eigenvalue weighted by molar-refractivity contribution is 7.98. The van der Waals surface area contributed by atoms with Gasteiger partial charge >= 0.3 is 6.09 Å². The number of piperazine rings is 1. The van der Waals surface area contributed by atoms with Crippen molar-refractivity contribution in [1.82, 2.24) is 14.8 Å². The van der Waals surface area contributed by atoms with Gasteiger partial charge in [0.2, 0.25) is 0 Å². The molecule has 2 amide bonds. The normalized spacial score (nSPS) is 14.2. The summed E-state index contributed by atoms with van der Waals surface area (Å²) in [6.45, 7) is 4.07. The van der Waals surface area contributed by atoms with E-state index < -0.39 is 0 Å². The molecule has 0 spiro atoms. The largest absolute Gasteiger partial charge is 0.450 e. The predicted molar refractivity (Wildman–Crippen MR) is 115 cm³/mol. The van der Waals surface area contributed by atoms with Crippen molar-refractivity contribution in [3.8, 4) is 0 Å². The van der Waals surface area contributed by atoms with Crippen LogP contribution in [0.1, 0.15) is 22.8 Å². The van der Waals surface area contributed by atoms with Crippen molar-refractivity contribution in [2.75, 3.05) is 32.8 Å². The number of amides is 2. The molecule has 0 saturated carbocycles. The van der Waals surface area contributed by atoms with Crippen LogP contribution in [0.3, 0.4) is 0 Å². The second-order valence-electron chi connectivity index (χ2n) is 6.87. The number of carbonyl (C=O) groups is 2. The molecule has 0 atom stereocenters. The Balaban J connectivity index is 1.41. The molecule has 3 aromatic rings. The SMILES string of the molecule is CCOC(=O)N1CCN(C(=O)c2ccccc2CSc2nc3ccccc3o2)CC1. The van der Waals surface area contributed by atoms with Gasteiger partial charge in [-0.2, -0.15) is 0 Å². The topological polar surface area (TPSA) is 75.9 Å². The smallest absolute Gasteiger partial charge is 0.409 e. The van der Waals surface area contributed by atoms with E-state index in [1.165, 1.54) is 11.8 Å². The van der Waals surface area contributed by atoms with Crippen LogP contribution in [0.5, 0.6) is 0 Å². The number of thioether (sulfide) groups is 1. The van der Waals surface area contributed by atoms with E-state index in [0.717, 1.165) is 16.7 Å². The van der Waals surface area contributed by atoms with Crippen molar-refractivity contribution < 1.29 is 18.7 Å². The molecule has 2 aromatic carbocycles. The molecule has 2 heterocycles. The van der Waals surface area contributed by atoms with E-state index in [-0.39, 0.29) is 12.0 Å². The molecule has 30 heavy (non-hydrogen) atoms. The number of nitrogens with zero attached hydrogens (tertiary/aromatic N) is 3. The van der Waals surface area contributed by atoms with Gasteiger partial charge in [-0.05, 0) is 30.7 Å². The highest BCUT2D eigenvalue weighted by Gasteiger charge is 2.26. The number of carbonyl (C=O) groups excluding carboxylic acids is 2. The van der Waals surface area contributed by atoms with Crippen LogP contribution in [-0.4, -0.2) is 59.6 Å². The fourth-order valence-corrected chi connectivity index (χ4v) is 4.23.